The van der Waals surface area contributed by atoms with Crippen molar-refractivity contribution in [2.45, 2.75) is 0 Å². The number of carbonyl (C=O) groups excluding carboxylic acids is 1. The zero-order valence-corrected chi connectivity index (χ0v) is 13.7. The van der Waals surface area contributed by atoms with Crippen LogP contribution in [0, 0.1) is 0 Å². The predicted molar refractivity (Wildman–Crippen MR) is 97.5 cm³/mol. The highest BCUT2D eigenvalue weighted by Gasteiger charge is 2.03. The molecule has 0 aliphatic heterocycles. The first-order valence-electron chi connectivity index (χ1n) is 7.01. The van der Waals surface area contributed by atoms with Gasteiger partial charge in [-0.15, -0.1) is 11.3 Å². The standard InChI is InChI=1S/C17H14ClN3OS/c18-16-9-8-13(23-16)10-20-21-17(22)11-19-15-7-3-5-12-4-1-2-6-14(12)15/h1-10,19H,11H2,(H,21,22)/b20-10-. The third-order valence-electron chi connectivity index (χ3n) is 3.20. The second-order valence-electron chi connectivity index (χ2n) is 4.82. The first kappa shape index (κ1) is 15.5. The second-order valence-corrected chi connectivity index (χ2v) is 6.56. The molecule has 6 heteroatoms. The van der Waals surface area contributed by atoms with Crippen LogP contribution < -0.4 is 10.7 Å². The summed E-state index contributed by atoms with van der Waals surface area (Å²) in [7, 11) is 0. The number of benzene rings is 2. The summed E-state index contributed by atoms with van der Waals surface area (Å²) in [5.41, 5.74) is 3.41. The summed E-state index contributed by atoms with van der Waals surface area (Å²) >= 11 is 7.23. The van der Waals surface area contributed by atoms with Crippen LogP contribution in [0.1, 0.15) is 4.88 Å². The minimum absolute atomic E-state index is 0.149. The summed E-state index contributed by atoms with van der Waals surface area (Å²) in [6.45, 7) is 0.149. The molecule has 2 aromatic carbocycles. The SMILES string of the molecule is O=C(CNc1cccc2ccccc12)N/N=C\c1ccc(Cl)s1. The van der Waals surface area contributed by atoms with E-state index >= 15 is 0 Å². The molecular weight excluding hydrogens is 330 g/mol. The lowest BCUT2D eigenvalue weighted by molar-refractivity contribution is -0.119. The summed E-state index contributed by atoms with van der Waals surface area (Å²) in [4.78, 5) is 12.7. The number of hydrogen-bond donors (Lipinski definition) is 2. The zero-order valence-electron chi connectivity index (χ0n) is 12.1. The van der Waals surface area contributed by atoms with E-state index in [1.54, 1.807) is 12.3 Å². The monoisotopic (exact) mass is 343 g/mol. The van der Waals surface area contributed by atoms with Crippen LogP contribution in [0.5, 0.6) is 0 Å². The fraction of sp³-hybridized carbons (Fsp3) is 0.0588. The molecule has 116 valence electrons. The lowest BCUT2D eigenvalue weighted by Gasteiger charge is -2.08. The number of thiophene rings is 1. The van der Waals surface area contributed by atoms with Gasteiger partial charge in [-0.05, 0) is 23.6 Å². The Kier molecular flexibility index (Phi) is 4.90. The van der Waals surface area contributed by atoms with Crippen LogP contribution in [0.2, 0.25) is 4.34 Å². The van der Waals surface area contributed by atoms with Gasteiger partial charge >= 0.3 is 0 Å². The van der Waals surface area contributed by atoms with Gasteiger partial charge in [0.2, 0.25) is 0 Å². The minimum Gasteiger partial charge on any atom is -0.376 e. The van der Waals surface area contributed by atoms with Crippen LogP contribution in [0.15, 0.2) is 59.7 Å². The maximum Gasteiger partial charge on any atom is 0.259 e. The first-order chi connectivity index (χ1) is 11.2. The molecule has 0 saturated heterocycles. The molecule has 2 N–H and O–H groups in total. The van der Waals surface area contributed by atoms with E-state index in [0.29, 0.717) is 4.34 Å². The van der Waals surface area contributed by atoms with E-state index in [4.69, 9.17) is 11.6 Å². The molecule has 1 amide bonds. The fourth-order valence-electron chi connectivity index (χ4n) is 2.16. The number of anilines is 1. The summed E-state index contributed by atoms with van der Waals surface area (Å²) in [5, 5.41) is 9.27. The van der Waals surface area contributed by atoms with Crippen molar-refractivity contribution in [1.82, 2.24) is 5.43 Å². The molecule has 3 rings (SSSR count). The Labute approximate surface area is 142 Å². The Bertz CT molecular complexity index is 854. The molecule has 0 fully saturated rings. The molecule has 0 saturated carbocycles. The van der Waals surface area contributed by atoms with Gasteiger partial charge in [0.1, 0.15) is 0 Å². The molecule has 3 aromatic rings. The molecule has 0 unspecified atom stereocenters. The van der Waals surface area contributed by atoms with Crippen LogP contribution in [0.4, 0.5) is 5.69 Å². The topological polar surface area (TPSA) is 53.5 Å². The molecule has 0 spiro atoms. The molecule has 4 nitrogen and oxygen atoms in total. The normalized spacial score (nSPS) is 11.0. The molecule has 0 radical (unpaired) electrons. The Morgan fingerprint density at radius 1 is 1.13 bits per heavy atom. The third-order valence-corrected chi connectivity index (χ3v) is 4.37. The first-order valence-corrected chi connectivity index (χ1v) is 8.21. The van der Waals surface area contributed by atoms with Crippen LogP contribution in [-0.2, 0) is 4.79 Å². The van der Waals surface area contributed by atoms with Gasteiger partial charge in [-0.25, -0.2) is 5.43 Å². The number of carbonyl (C=O) groups is 1. The number of nitrogens with one attached hydrogen (secondary N) is 2. The Hall–Kier alpha value is -2.37. The molecule has 1 aromatic heterocycles. The smallest absolute Gasteiger partial charge is 0.259 e. The number of rotatable bonds is 5. The quantitative estimate of drug-likeness (QED) is 0.541. The van der Waals surface area contributed by atoms with Crippen molar-refractivity contribution >= 4 is 51.5 Å². The Morgan fingerprint density at radius 2 is 1.96 bits per heavy atom. The number of halogens is 1. The molecule has 0 bridgehead atoms. The zero-order chi connectivity index (χ0) is 16.1. The fourth-order valence-corrected chi connectivity index (χ4v) is 3.09. The van der Waals surface area contributed by atoms with E-state index in [1.165, 1.54) is 11.3 Å². The van der Waals surface area contributed by atoms with Crippen molar-refractivity contribution in [1.29, 1.82) is 0 Å². The molecule has 23 heavy (non-hydrogen) atoms. The van der Waals surface area contributed by atoms with Crippen molar-refractivity contribution in [3.8, 4) is 0 Å². The highest BCUT2D eigenvalue weighted by atomic mass is 35.5. The van der Waals surface area contributed by atoms with Gasteiger partial charge in [-0.2, -0.15) is 5.10 Å². The Morgan fingerprint density at radius 3 is 2.78 bits per heavy atom. The Balaban J connectivity index is 1.57. The number of amides is 1. The maximum absolute atomic E-state index is 11.8. The van der Waals surface area contributed by atoms with Gasteiger partial charge in [0.15, 0.2) is 0 Å². The molecule has 0 atom stereocenters. The summed E-state index contributed by atoms with van der Waals surface area (Å²) in [6.07, 6.45) is 1.58. The highest BCUT2D eigenvalue weighted by molar-refractivity contribution is 7.17. The number of hydrazone groups is 1. The molecule has 0 aliphatic rings. The molecule has 1 heterocycles. The predicted octanol–water partition coefficient (Wildman–Crippen LogP) is 4.12. The number of hydrogen-bond acceptors (Lipinski definition) is 4. The van der Waals surface area contributed by atoms with E-state index in [9.17, 15) is 4.79 Å². The van der Waals surface area contributed by atoms with Crippen molar-refractivity contribution in [3.05, 3.63) is 63.8 Å². The third kappa shape index (κ3) is 4.09. The van der Waals surface area contributed by atoms with E-state index in [-0.39, 0.29) is 12.5 Å². The van der Waals surface area contributed by atoms with E-state index in [1.807, 2.05) is 48.5 Å². The molecular formula is C17H14ClN3OS. The van der Waals surface area contributed by atoms with Crippen molar-refractivity contribution in [3.63, 3.8) is 0 Å². The van der Waals surface area contributed by atoms with E-state index < -0.39 is 0 Å². The van der Waals surface area contributed by atoms with Gasteiger partial charge in [-0.1, -0.05) is 48.0 Å². The van der Waals surface area contributed by atoms with E-state index in [0.717, 1.165) is 21.3 Å². The van der Waals surface area contributed by atoms with Gasteiger partial charge < -0.3 is 5.32 Å². The number of fused-ring (bicyclic) bond motifs is 1. The van der Waals surface area contributed by atoms with Gasteiger partial charge in [0.05, 0.1) is 17.1 Å². The summed E-state index contributed by atoms with van der Waals surface area (Å²) in [6, 6.07) is 17.6. The summed E-state index contributed by atoms with van der Waals surface area (Å²) in [5.74, 6) is -0.211. The lowest BCUT2D eigenvalue weighted by Crippen LogP contribution is -2.25. The van der Waals surface area contributed by atoms with Crippen molar-refractivity contribution < 1.29 is 4.79 Å². The number of nitrogens with zero attached hydrogens (tertiary/aromatic N) is 1. The van der Waals surface area contributed by atoms with Gasteiger partial charge in [0.25, 0.3) is 5.91 Å². The second kappa shape index (κ2) is 7.26. The largest absolute Gasteiger partial charge is 0.376 e. The molecule has 0 aliphatic carbocycles. The van der Waals surface area contributed by atoms with Crippen LogP contribution in [-0.4, -0.2) is 18.7 Å². The highest BCUT2D eigenvalue weighted by Crippen LogP contribution is 2.22. The maximum atomic E-state index is 11.8. The van der Waals surface area contributed by atoms with Gasteiger partial charge in [-0.3, -0.25) is 4.79 Å². The lowest BCUT2D eigenvalue weighted by atomic mass is 10.1. The van der Waals surface area contributed by atoms with Crippen molar-refractivity contribution in [2.24, 2.45) is 5.10 Å². The van der Waals surface area contributed by atoms with E-state index in [2.05, 4.69) is 15.8 Å². The summed E-state index contributed by atoms with van der Waals surface area (Å²) < 4.78 is 0.690. The minimum atomic E-state index is -0.211. The van der Waals surface area contributed by atoms with Crippen molar-refractivity contribution in [2.75, 3.05) is 11.9 Å². The average Bonchev–Trinajstić information content (AvgIpc) is 2.98. The average molecular weight is 344 g/mol. The van der Waals surface area contributed by atoms with Crippen LogP contribution >= 0.6 is 22.9 Å². The van der Waals surface area contributed by atoms with Crippen LogP contribution in [0.3, 0.4) is 0 Å². The van der Waals surface area contributed by atoms with Crippen LogP contribution in [0.25, 0.3) is 10.8 Å². The van der Waals surface area contributed by atoms with Gasteiger partial charge in [0, 0.05) is 16.0 Å².